The van der Waals surface area contributed by atoms with Gasteiger partial charge >= 0.3 is 11.9 Å². The highest BCUT2D eigenvalue weighted by Gasteiger charge is 2.08. The first-order valence-electron chi connectivity index (χ1n) is 17.3. The van der Waals surface area contributed by atoms with E-state index in [1.54, 1.807) is 29.0 Å². The minimum absolute atomic E-state index is 0.185. The molecule has 274 valence electrons. The Bertz CT molecular complexity index is 2430. The molecule has 54 heavy (non-hydrogen) atoms. The molecule has 2 N–H and O–H groups in total. The van der Waals surface area contributed by atoms with Gasteiger partial charge in [-0.2, -0.15) is 0 Å². The maximum absolute atomic E-state index is 11.4. The molecule has 5 aromatic carbocycles. The molecular formula is C44H41N3O7. The van der Waals surface area contributed by atoms with Crippen LogP contribution in [-0.4, -0.2) is 45.4 Å². The van der Waals surface area contributed by atoms with E-state index >= 15 is 0 Å². The Labute approximate surface area is 312 Å². The van der Waals surface area contributed by atoms with E-state index < -0.39 is 0 Å². The van der Waals surface area contributed by atoms with Gasteiger partial charge in [-0.25, -0.2) is 0 Å². The molecule has 0 saturated heterocycles. The number of aromatic nitrogens is 3. The lowest BCUT2D eigenvalue weighted by Gasteiger charge is -2.07. The number of benzene rings is 5. The number of fused-ring (bicyclic) bond motifs is 3. The van der Waals surface area contributed by atoms with Crippen LogP contribution in [0.5, 0.6) is 17.2 Å². The summed E-state index contributed by atoms with van der Waals surface area (Å²) < 4.78 is 24.5. The number of phenolic OH excluding ortho intramolecular Hbond substituents is 1. The normalized spacial score (nSPS) is 10.6. The quantitative estimate of drug-likeness (QED) is 0.136. The Balaban J connectivity index is 0.000000141. The summed E-state index contributed by atoms with van der Waals surface area (Å²) >= 11 is 0. The summed E-state index contributed by atoms with van der Waals surface area (Å²) in [6, 6.07) is 43.0. The van der Waals surface area contributed by atoms with Gasteiger partial charge in [0.15, 0.2) is 0 Å². The van der Waals surface area contributed by atoms with E-state index in [2.05, 4.69) is 27.9 Å². The fourth-order valence-electron chi connectivity index (χ4n) is 5.74. The number of hydrogen-bond donors (Lipinski definition) is 2. The maximum Gasteiger partial charge on any atom is 0.325 e. The van der Waals surface area contributed by atoms with Crippen LogP contribution in [-0.2, 0) is 45.4 Å². The van der Waals surface area contributed by atoms with Crippen molar-refractivity contribution in [2.75, 3.05) is 14.2 Å². The lowest BCUT2D eigenvalue weighted by molar-refractivity contribution is -0.142. The van der Waals surface area contributed by atoms with Gasteiger partial charge in [-0.1, -0.05) is 60.7 Å². The van der Waals surface area contributed by atoms with Crippen molar-refractivity contribution >= 4 is 44.6 Å². The molecule has 0 unspecified atom stereocenters. The van der Waals surface area contributed by atoms with Crippen molar-refractivity contribution in [3.8, 4) is 17.2 Å². The van der Waals surface area contributed by atoms with Crippen molar-refractivity contribution in [3.63, 3.8) is 0 Å². The van der Waals surface area contributed by atoms with E-state index in [0.717, 1.165) is 44.4 Å². The first kappa shape index (κ1) is 36.8. The summed E-state index contributed by atoms with van der Waals surface area (Å²) in [4.78, 5) is 25.6. The van der Waals surface area contributed by atoms with Crippen molar-refractivity contribution in [2.24, 2.45) is 0 Å². The molecule has 0 aliphatic carbocycles. The third kappa shape index (κ3) is 9.89. The predicted octanol–water partition coefficient (Wildman–Crippen LogP) is 8.66. The summed E-state index contributed by atoms with van der Waals surface area (Å²) in [5, 5.41) is 12.4. The number of nitrogens with zero attached hydrogens (tertiary/aromatic N) is 2. The van der Waals surface area contributed by atoms with Crippen LogP contribution in [0.15, 0.2) is 152 Å². The van der Waals surface area contributed by atoms with Gasteiger partial charge in [-0.05, 0) is 83.9 Å². The first-order chi connectivity index (χ1) is 26.4. The molecule has 10 heteroatoms. The Morgan fingerprint density at radius 1 is 0.574 bits per heavy atom. The number of H-pyrrole nitrogens is 1. The number of methoxy groups -OCH3 is 2. The van der Waals surface area contributed by atoms with Crippen LogP contribution in [0, 0.1) is 0 Å². The third-order valence-electron chi connectivity index (χ3n) is 8.57. The molecule has 0 spiro atoms. The van der Waals surface area contributed by atoms with Crippen molar-refractivity contribution < 1.29 is 33.6 Å². The van der Waals surface area contributed by atoms with Gasteiger partial charge in [0.2, 0.25) is 0 Å². The molecule has 0 aliphatic rings. The molecule has 8 aromatic rings. The smallest absolute Gasteiger partial charge is 0.325 e. The number of esters is 2. The van der Waals surface area contributed by atoms with Crippen molar-refractivity contribution in [1.82, 2.24) is 14.1 Å². The van der Waals surface area contributed by atoms with Crippen molar-refractivity contribution in [2.45, 2.75) is 26.3 Å². The number of nitrogens with one attached hydrogen (secondary N) is 1. The summed E-state index contributed by atoms with van der Waals surface area (Å²) in [7, 11) is 2.75. The standard InChI is InChI=1S/C18H17NO3.C15H13NO.C11H11NO3/c1-21-18(20)12-19-10-9-15-11-16(7-8-17(15)19)22-13-14-5-3-2-4-6-14;1-2-4-12(5-3-1)11-17-14-6-7-15-13(10-14)8-9-16-15;1-15-11(14)7-12-5-4-8-6-9(13)2-3-10(8)12/h2-11H,12-13H2,1H3;1-10,16H,11H2;2-6,13H,7H2,1H3. The number of ether oxygens (including phenoxy) is 4. The summed E-state index contributed by atoms with van der Waals surface area (Å²) in [6.07, 6.45) is 5.61. The summed E-state index contributed by atoms with van der Waals surface area (Å²) in [5.41, 5.74) is 5.33. The predicted molar refractivity (Wildman–Crippen MR) is 209 cm³/mol. The highest BCUT2D eigenvalue weighted by Crippen LogP contribution is 2.24. The number of carbonyl (C=O) groups excluding carboxylic acids is 2. The topological polar surface area (TPSA) is 117 Å². The zero-order valence-electron chi connectivity index (χ0n) is 30.1. The molecule has 0 amide bonds. The van der Waals surface area contributed by atoms with E-state index in [-0.39, 0.29) is 30.8 Å². The summed E-state index contributed by atoms with van der Waals surface area (Å²) in [5.74, 6) is 1.38. The van der Waals surface area contributed by atoms with Gasteiger partial charge in [-0.3, -0.25) is 9.59 Å². The van der Waals surface area contributed by atoms with Crippen molar-refractivity contribution in [1.29, 1.82) is 0 Å². The van der Waals surface area contributed by atoms with E-state index in [4.69, 9.17) is 14.2 Å². The molecule has 8 rings (SSSR count). The molecule has 0 fully saturated rings. The maximum atomic E-state index is 11.4. The number of carbonyl (C=O) groups is 2. The fraction of sp³-hybridized carbons (Fsp3) is 0.136. The lowest BCUT2D eigenvalue weighted by atomic mass is 10.2. The van der Waals surface area contributed by atoms with Gasteiger partial charge in [-0.15, -0.1) is 0 Å². The summed E-state index contributed by atoms with van der Waals surface area (Å²) in [6.45, 7) is 1.54. The molecule has 0 radical (unpaired) electrons. The average molecular weight is 724 g/mol. The Morgan fingerprint density at radius 3 is 1.63 bits per heavy atom. The highest BCUT2D eigenvalue weighted by molar-refractivity contribution is 5.84. The van der Waals surface area contributed by atoms with Crippen LogP contribution in [0.25, 0.3) is 32.7 Å². The van der Waals surface area contributed by atoms with Crippen LogP contribution in [0.3, 0.4) is 0 Å². The van der Waals surface area contributed by atoms with E-state index in [1.165, 1.54) is 25.2 Å². The number of aromatic amines is 1. The number of aromatic hydroxyl groups is 1. The second kappa shape index (κ2) is 18.0. The van der Waals surface area contributed by atoms with Gasteiger partial charge < -0.3 is 38.2 Å². The van der Waals surface area contributed by atoms with Gasteiger partial charge in [0.25, 0.3) is 0 Å². The molecule has 3 aromatic heterocycles. The Hall–Kier alpha value is -6.94. The first-order valence-corrected chi connectivity index (χ1v) is 17.3. The molecule has 0 atom stereocenters. The van der Waals surface area contributed by atoms with Crippen LogP contribution >= 0.6 is 0 Å². The number of hydrogen-bond acceptors (Lipinski definition) is 7. The van der Waals surface area contributed by atoms with E-state index in [1.807, 2.05) is 114 Å². The molecule has 0 bridgehead atoms. The van der Waals surface area contributed by atoms with Gasteiger partial charge in [0, 0.05) is 51.3 Å². The monoisotopic (exact) mass is 723 g/mol. The SMILES string of the molecule is COC(=O)Cn1ccc2cc(O)ccc21.COC(=O)Cn1ccc2cc(OCc3ccccc3)ccc21.c1ccc(COc2ccc3[nH]ccc3c2)cc1. The largest absolute Gasteiger partial charge is 0.508 e. The third-order valence-corrected chi connectivity index (χ3v) is 8.57. The van der Waals surface area contributed by atoms with Crippen LogP contribution in [0.4, 0.5) is 0 Å². The second-order valence-corrected chi connectivity index (χ2v) is 12.3. The number of rotatable bonds is 10. The second-order valence-electron chi connectivity index (χ2n) is 12.3. The fourth-order valence-corrected chi connectivity index (χ4v) is 5.74. The molecule has 0 aliphatic heterocycles. The zero-order chi connectivity index (χ0) is 37.7. The molecule has 10 nitrogen and oxygen atoms in total. The minimum atomic E-state index is -0.291. The Kier molecular flexibility index (Phi) is 12.3. The van der Waals surface area contributed by atoms with E-state index in [9.17, 15) is 14.7 Å². The zero-order valence-corrected chi connectivity index (χ0v) is 30.1. The number of phenols is 1. The molecule has 0 saturated carbocycles. The van der Waals surface area contributed by atoms with Crippen LogP contribution in [0.2, 0.25) is 0 Å². The van der Waals surface area contributed by atoms with Crippen LogP contribution < -0.4 is 9.47 Å². The van der Waals surface area contributed by atoms with Crippen molar-refractivity contribution in [3.05, 3.63) is 163 Å². The van der Waals surface area contributed by atoms with Gasteiger partial charge in [0.05, 0.1) is 14.2 Å². The average Bonchev–Trinajstić information content (AvgIpc) is 3.96. The molecule has 3 heterocycles. The minimum Gasteiger partial charge on any atom is -0.508 e. The van der Waals surface area contributed by atoms with Gasteiger partial charge in [0.1, 0.15) is 43.6 Å². The van der Waals surface area contributed by atoms with E-state index in [0.29, 0.717) is 13.2 Å². The lowest BCUT2D eigenvalue weighted by Crippen LogP contribution is -2.10. The molecular weight excluding hydrogens is 682 g/mol. The highest BCUT2D eigenvalue weighted by atomic mass is 16.5. The van der Waals surface area contributed by atoms with Crippen LogP contribution in [0.1, 0.15) is 11.1 Å². The Morgan fingerprint density at radius 2 is 1.07 bits per heavy atom.